The summed E-state index contributed by atoms with van der Waals surface area (Å²) in [5, 5.41) is 0. The average Bonchev–Trinajstić information content (AvgIpc) is 2.36. The van der Waals surface area contributed by atoms with Gasteiger partial charge in [0.2, 0.25) is 0 Å². The van der Waals surface area contributed by atoms with Crippen LogP contribution in [0.5, 0.6) is 0 Å². The SMILES string of the molecule is CCc1c(C(N)(N)CC)ccc(SC)c1SC. The van der Waals surface area contributed by atoms with Crippen molar-refractivity contribution in [3.8, 4) is 0 Å². The molecule has 4 heteroatoms. The third-order valence-electron chi connectivity index (χ3n) is 3.09. The van der Waals surface area contributed by atoms with E-state index in [0.29, 0.717) is 0 Å². The predicted octanol–water partition coefficient (Wildman–Crippen LogP) is 3.17. The first-order chi connectivity index (χ1) is 8.01. The number of rotatable bonds is 5. The van der Waals surface area contributed by atoms with Crippen LogP contribution in [0.25, 0.3) is 0 Å². The number of nitrogens with two attached hydrogens (primary N) is 2. The van der Waals surface area contributed by atoms with Gasteiger partial charge in [0, 0.05) is 9.79 Å². The molecule has 0 saturated carbocycles. The molecule has 0 aliphatic heterocycles. The van der Waals surface area contributed by atoms with E-state index in [0.717, 1.165) is 18.4 Å². The standard InChI is InChI=1S/C13H22N2S2/c1-5-9-10(13(14,15)6-2)7-8-11(16-3)12(9)17-4/h7-8H,5-6,14-15H2,1-4H3. The van der Waals surface area contributed by atoms with Crippen molar-refractivity contribution in [1.29, 1.82) is 0 Å². The molecule has 1 rings (SSSR count). The maximum Gasteiger partial charge on any atom is 0.0899 e. The Morgan fingerprint density at radius 2 is 1.76 bits per heavy atom. The van der Waals surface area contributed by atoms with E-state index in [2.05, 4.69) is 31.6 Å². The number of hydrogen-bond acceptors (Lipinski definition) is 4. The Morgan fingerprint density at radius 1 is 1.12 bits per heavy atom. The van der Waals surface area contributed by atoms with Gasteiger partial charge in [-0.2, -0.15) is 0 Å². The quantitative estimate of drug-likeness (QED) is 0.637. The molecule has 2 nitrogen and oxygen atoms in total. The first-order valence-electron chi connectivity index (χ1n) is 5.83. The smallest absolute Gasteiger partial charge is 0.0899 e. The largest absolute Gasteiger partial charge is 0.310 e. The van der Waals surface area contributed by atoms with E-state index in [9.17, 15) is 0 Å². The molecule has 0 aliphatic carbocycles. The highest BCUT2D eigenvalue weighted by Crippen LogP contribution is 2.36. The van der Waals surface area contributed by atoms with Gasteiger partial charge in [0.1, 0.15) is 0 Å². The highest BCUT2D eigenvalue weighted by Gasteiger charge is 2.24. The fourth-order valence-electron chi connectivity index (χ4n) is 1.97. The number of hydrogen-bond donors (Lipinski definition) is 2. The predicted molar refractivity (Wildman–Crippen MR) is 79.7 cm³/mol. The van der Waals surface area contributed by atoms with Crippen molar-refractivity contribution < 1.29 is 0 Å². The van der Waals surface area contributed by atoms with Crippen LogP contribution in [0, 0.1) is 0 Å². The van der Waals surface area contributed by atoms with Crippen molar-refractivity contribution in [3.05, 3.63) is 23.3 Å². The van der Waals surface area contributed by atoms with Crippen LogP contribution in [-0.4, -0.2) is 12.5 Å². The van der Waals surface area contributed by atoms with Gasteiger partial charge >= 0.3 is 0 Å². The molecule has 0 radical (unpaired) electrons. The van der Waals surface area contributed by atoms with Crippen molar-refractivity contribution in [2.24, 2.45) is 11.5 Å². The third kappa shape index (κ3) is 2.99. The molecule has 96 valence electrons. The minimum Gasteiger partial charge on any atom is -0.310 e. The lowest BCUT2D eigenvalue weighted by molar-refractivity contribution is 0.442. The van der Waals surface area contributed by atoms with E-state index < -0.39 is 5.66 Å². The molecule has 17 heavy (non-hydrogen) atoms. The molecule has 0 atom stereocenters. The maximum atomic E-state index is 6.19. The average molecular weight is 270 g/mol. The molecular formula is C13H22N2S2. The van der Waals surface area contributed by atoms with Gasteiger partial charge in [-0.1, -0.05) is 19.9 Å². The van der Waals surface area contributed by atoms with E-state index in [4.69, 9.17) is 11.5 Å². The summed E-state index contributed by atoms with van der Waals surface area (Å²) in [4.78, 5) is 2.64. The Morgan fingerprint density at radius 3 is 2.18 bits per heavy atom. The number of benzene rings is 1. The maximum absolute atomic E-state index is 6.19. The van der Waals surface area contributed by atoms with Crippen LogP contribution in [0.2, 0.25) is 0 Å². The van der Waals surface area contributed by atoms with Crippen LogP contribution >= 0.6 is 23.5 Å². The van der Waals surface area contributed by atoms with Gasteiger partial charge in [-0.3, -0.25) is 0 Å². The fraction of sp³-hybridized carbons (Fsp3) is 0.538. The molecule has 0 bridgehead atoms. The van der Waals surface area contributed by atoms with Crippen LogP contribution in [-0.2, 0) is 12.1 Å². The van der Waals surface area contributed by atoms with E-state index >= 15 is 0 Å². The van der Waals surface area contributed by atoms with Gasteiger partial charge in [-0.15, -0.1) is 23.5 Å². The minimum absolute atomic E-state index is 0.716. The van der Waals surface area contributed by atoms with Gasteiger partial charge in [-0.25, -0.2) is 0 Å². The third-order valence-corrected chi connectivity index (χ3v) is 4.87. The molecule has 0 saturated heterocycles. The Kier molecular flexibility index (Phi) is 5.38. The molecule has 0 heterocycles. The fourth-order valence-corrected chi connectivity index (χ4v) is 3.75. The summed E-state index contributed by atoms with van der Waals surface area (Å²) in [6, 6.07) is 4.23. The molecule has 4 N–H and O–H groups in total. The van der Waals surface area contributed by atoms with Crippen molar-refractivity contribution in [2.75, 3.05) is 12.5 Å². The zero-order chi connectivity index (χ0) is 13.1. The Labute approximate surface area is 113 Å². The molecule has 0 spiro atoms. The minimum atomic E-state index is -0.716. The summed E-state index contributed by atoms with van der Waals surface area (Å²) in [7, 11) is 0. The molecular weight excluding hydrogens is 248 g/mol. The summed E-state index contributed by atoms with van der Waals surface area (Å²) >= 11 is 3.55. The Hall–Kier alpha value is -0.160. The summed E-state index contributed by atoms with van der Waals surface area (Å²) in [6.07, 6.45) is 5.92. The summed E-state index contributed by atoms with van der Waals surface area (Å²) < 4.78 is 0. The zero-order valence-corrected chi connectivity index (χ0v) is 12.7. The summed E-state index contributed by atoms with van der Waals surface area (Å²) in [5.41, 5.74) is 14.1. The second-order valence-corrected chi connectivity index (χ2v) is 5.74. The zero-order valence-electron chi connectivity index (χ0n) is 11.0. The molecule has 1 aromatic rings. The van der Waals surface area contributed by atoms with Gasteiger partial charge in [-0.05, 0) is 42.5 Å². The molecule has 0 amide bonds. The van der Waals surface area contributed by atoms with Gasteiger partial charge < -0.3 is 11.5 Å². The summed E-state index contributed by atoms with van der Waals surface area (Å²) in [5.74, 6) is 0. The van der Waals surface area contributed by atoms with Gasteiger partial charge in [0.25, 0.3) is 0 Å². The molecule has 0 fully saturated rings. The highest BCUT2D eigenvalue weighted by molar-refractivity contribution is 8.01. The van der Waals surface area contributed by atoms with E-state index in [-0.39, 0.29) is 0 Å². The molecule has 0 unspecified atom stereocenters. The first-order valence-corrected chi connectivity index (χ1v) is 8.28. The van der Waals surface area contributed by atoms with E-state index in [1.54, 1.807) is 23.5 Å². The summed E-state index contributed by atoms with van der Waals surface area (Å²) in [6.45, 7) is 4.19. The van der Waals surface area contributed by atoms with E-state index in [1.165, 1.54) is 15.4 Å². The van der Waals surface area contributed by atoms with Crippen LogP contribution in [0.4, 0.5) is 0 Å². The van der Waals surface area contributed by atoms with Crippen molar-refractivity contribution in [3.63, 3.8) is 0 Å². The monoisotopic (exact) mass is 270 g/mol. The first kappa shape index (κ1) is 14.9. The van der Waals surface area contributed by atoms with Gasteiger partial charge in [0.15, 0.2) is 0 Å². The lowest BCUT2D eigenvalue weighted by atomic mass is 9.92. The van der Waals surface area contributed by atoms with E-state index in [1.807, 2.05) is 6.92 Å². The van der Waals surface area contributed by atoms with Crippen LogP contribution in [0.3, 0.4) is 0 Å². The normalized spacial score (nSPS) is 11.9. The highest BCUT2D eigenvalue weighted by atomic mass is 32.2. The lowest BCUT2D eigenvalue weighted by Gasteiger charge is -2.28. The van der Waals surface area contributed by atoms with Crippen molar-refractivity contribution in [2.45, 2.75) is 42.1 Å². The molecule has 0 aliphatic rings. The van der Waals surface area contributed by atoms with Gasteiger partial charge in [0.05, 0.1) is 5.66 Å². The van der Waals surface area contributed by atoms with Crippen LogP contribution in [0.15, 0.2) is 21.9 Å². The Balaban J connectivity index is 3.43. The second-order valence-electron chi connectivity index (χ2n) is 4.07. The molecule has 1 aromatic carbocycles. The number of thioether (sulfide) groups is 2. The van der Waals surface area contributed by atoms with Crippen LogP contribution in [0.1, 0.15) is 31.4 Å². The lowest BCUT2D eigenvalue weighted by Crippen LogP contribution is -2.46. The molecule has 0 aromatic heterocycles. The van der Waals surface area contributed by atoms with Crippen molar-refractivity contribution >= 4 is 23.5 Å². The second kappa shape index (κ2) is 6.14. The topological polar surface area (TPSA) is 52.0 Å². The Bertz CT molecular complexity index is 389. The van der Waals surface area contributed by atoms with Crippen molar-refractivity contribution in [1.82, 2.24) is 0 Å². The van der Waals surface area contributed by atoms with Crippen LogP contribution < -0.4 is 11.5 Å².